The third-order valence-electron chi connectivity index (χ3n) is 13.3. The Balaban J connectivity index is 1.08. The van der Waals surface area contributed by atoms with Crippen molar-refractivity contribution in [3.05, 3.63) is 168 Å². The van der Waals surface area contributed by atoms with E-state index >= 15 is 4.79 Å². The van der Waals surface area contributed by atoms with Gasteiger partial charge in [-0.25, -0.2) is 0 Å². The minimum absolute atomic E-state index is 0.0120. The van der Waals surface area contributed by atoms with Crippen molar-refractivity contribution in [3.63, 3.8) is 0 Å². The molecule has 5 atom stereocenters. The average Bonchev–Trinajstić information content (AvgIpc) is 4.06. The van der Waals surface area contributed by atoms with Gasteiger partial charge in [-0.05, 0) is 65.1 Å². The number of anilines is 2. The molecule has 0 saturated carbocycles. The van der Waals surface area contributed by atoms with Crippen LogP contribution in [0.2, 0.25) is 18.6 Å². The number of aromatic amines is 1. The van der Waals surface area contributed by atoms with E-state index in [1.807, 2.05) is 137 Å². The van der Waals surface area contributed by atoms with Crippen LogP contribution in [-0.4, -0.2) is 64.8 Å². The predicted molar refractivity (Wildman–Crippen MR) is 244 cm³/mol. The van der Waals surface area contributed by atoms with Gasteiger partial charge in [-0.15, -0.1) is 5.10 Å². The summed E-state index contributed by atoms with van der Waals surface area (Å²) in [5.74, 6) is -0.0122. The maximum Gasteiger partial charge on any atom is 0.264 e. The van der Waals surface area contributed by atoms with Gasteiger partial charge in [0.2, 0.25) is 5.91 Å². The molecule has 0 bridgehead atoms. The summed E-state index contributed by atoms with van der Waals surface area (Å²) in [6, 6.07) is 42.0. The predicted octanol–water partition coefficient (Wildman–Crippen LogP) is 7.93. The van der Waals surface area contributed by atoms with Crippen molar-refractivity contribution in [2.75, 3.05) is 23.9 Å². The van der Waals surface area contributed by atoms with Gasteiger partial charge in [0.05, 0.1) is 58.2 Å². The molecule has 2 aliphatic rings. The van der Waals surface area contributed by atoms with Crippen LogP contribution in [0, 0.1) is 5.92 Å². The molecular weight excluding hydrogens is 793 g/mol. The SMILES string of the molecule is COc1ccc([Si](C)(C)[C@H]2[C@H](CCn3cc(C(CO)c4ccccc4)nn3)O[C@@]3(C(=O)N(Cc4ccccc4)c4ccc(NC(=O)Cc5c[nH]c6ccccc56)cc43)[C@@H]2C)cc1. The van der Waals surface area contributed by atoms with Crippen LogP contribution in [0.5, 0.6) is 5.75 Å². The van der Waals surface area contributed by atoms with Crippen molar-refractivity contribution in [2.45, 2.75) is 69.1 Å². The lowest BCUT2D eigenvalue weighted by atomic mass is 9.82. The number of amides is 2. The molecule has 62 heavy (non-hydrogen) atoms. The molecule has 2 aromatic heterocycles. The lowest BCUT2D eigenvalue weighted by Crippen LogP contribution is -2.51. The average molecular weight is 845 g/mol. The summed E-state index contributed by atoms with van der Waals surface area (Å²) >= 11 is 0. The molecule has 316 valence electrons. The monoisotopic (exact) mass is 844 g/mol. The second-order valence-corrected chi connectivity index (χ2v) is 21.9. The van der Waals surface area contributed by atoms with Gasteiger partial charge in [0.15, 0.2) is 5.60 Å². The standard InChI is InChI=1S/C50H52N6O5Si/c1-33-48(62(3,4)39-22-20-38(60-2)21-23-39)46(25-26-55-31-44(53-54-55)41(32-57)35-15-9-6-10-16-35)61-50(33)42-28-37(52-47(58)27-36-29-51-43-18-12-11-17-40(36)43)19-24-45(42)56(49(50)59)30-34-13-7-5-8-14-34/h5-24,28-29,31,33,41,46,48,51,57H,25-27,30,32H2,1-4H3,(H,52,58)/t33-,41?,46+,48-,50+/m1/s1. The highest BCUT2D eigenvalue weighted by Crippen LogP contribution is 2.60. The Labute approximate surface area is 362 Å². The molecule has 2 aliphatic heterocycles. The van der Waals surface area contributed by atoms with Gasteiger partial charge in [0.1, 0.15) is 5.75 Å². The lowest BCUT2D eigenvalue weighted by molar-refractivity contribution is -0.146. The number of hydrogen-bond donors (Lipinski definition) is 3. The first kappa shape index (κ1) is 41.0. The Bertz CT molecular complexity index is 2700. The molecule has 7 aromatic rings. The van der Waals surface area contributed by atoms with Crippen LogP contribution in [-0.2, 0) is 39.4 Å². The Morgan fingerprint density at radius 1 is 0.968 bits per heavy atom. The van der Waals surface area contributed by atoms with E-state index in [-0.39, 0.29) is 48.3 Å². The second kappa shape index (κ2) is 16.8. The Morgan fingerprint density at radius 3 is 2.44 bits per heavy atom. The molecule has 1 saturated heterocycles. The molecule has 9 rings (SSSR count). The number of hydrogen-bond acceptors (Lipinski definition) is 7. The van der Waals surface area contributed by atoms with Crippen molar-refractivity contribution < 1.29 is 24.2 Å². The Kier molecular flexibility index (Phi) is 11.1. The zero-order valence-electron chi connectivity index (χ0n) is 35.5. The maximum absolute atomic E-state index is 15.5. The van der Waals surface area contributed by atoms with E-state index in [0.29, 0.717) is 30.9 Å². The molecule has 3 N–H and O–H groups in total. The first-order valence-corrected chi connectivity index (χ1v) is 24.4. The number of carbonyl (C=O) groups is 2. The smallest absolute Gasteiger partial charge is 0.264 e. The van der Waals surface area contributed by atoms with Gasteiger partial charge >= 0.3 is 0 Å². The van der Waals surface area contributed by atoms with E-state index in [9.17, 15) is 9.90 Å². The Hall–Kier alpha value is -6.34. The number of nitrogens with one attached hydrogen (secondary N) is 2. The van der Waals surface area contributed by atoms with Crippen LogP contribution >= 0.6 is 0 Å². The number of aliphatic hydroxyl groups is 1. The quantitative estimate of drug-likeness (QED) is 0.0948. The third-order valence-corrected chi connectivity index (χ3v) is 17.6. The van der Waals surface area contributed by atoms with Gasteiger partial charge < -0.3 is 29.8 Å². The molecule has 0 aliphatic carbocycles. The molecule has 12 heteroatoms. The second-order valence-electron chi connectivity index (χ2n) is 17.2. The van der Waals surface area contributed by atoms with Gasteiger partial charge in [0.25, 0.3) is 5.91 Å². The minimum Gasteiger partial charge on any atom is -0.497 e. The summed E-state index contributed by atoms with van der Waals surface area (Å²) < 4.78 is 14.8. The fourth-order valence-corrected chi connectivity index (χ4v) is 14.2. The van der Waals surface area contributed by atoms with E-state index in [4.69, 9.17) is 9.47 Å². The number of aryl methyl sites for hydroxylation is 1. The van der Waals surface area contributed by atoms with Crippen molar-refractivity contribution >= 4 is 47.4 Å². The number of para-hydroxylation sites is 1. The van der Waals surface area contributed by atoms with E-state index in [1.54, 1.807) is 7.11 Å². The number of fused-ring (bicyclic) bond motifs is 3. The highest BCUT2D eigenvalue weighted by atomic mass is 28.3. The zero-order chi connectivity index (χ0) is 43.0. The summed E-state index contributed by atoms with van der Waals surface area (Å²) in [6.07, 6.45) is 4.23. The number of H-pyrrole nitrogens is 1. The molecular formula is C50H52N6O5Si. The number of ether oxygens (including phenoxy) is 2. The molecule has 0 radical (unpaired) electrons. The van der Waals surface area contributed by atoms with Crippen molar-refractivity contribution in [1.82, 2.24) is 20.0 Å². The molecule has 1 unspecified atom stereocenters. The zero-order valence-corrected chi connectivity index (χ0v) is 36.5. The first-order chi connectivity index (χ1) is 30.1. The van der Waals surface area contributed by atoms with Crippen LogP contribution in [0.1, 0.15) is 47.2 Å². The minimum atomic E-state index is -2.45. The molecule has 11 nitrogen and oxygen atoms in total. The van der Waals surface area contributed by atoms with Crippen molar-refractivity contribution in [1.29, 1.82) is 0 Å². The van der Waals surface area contributed by atoms with Crippen molar-refractivity contribution in [3.8, 4) is 5.75 Å². The molecule has 4 heterocycles. The summed E-state index contributed by atoms with van der Waals surface area (Å²) in [6.45, 7) is 7.70. The lowest BCUT2D eigenvalue weighted by Gasteiger charge is -2.37. The van der Waals surface area contributed by atoms with Gasteiger partial charge in [-0.1, -0.05) is 121 Å². The van der Waals surface area contributed by atoms with E-state index in [2.05, 4.69) is 52.8 Å². The molecule has 2 amide bonds. The van der Waals surface area contributed by atoms with E-state index in [0.717, 1.165) is 44.6 Å². The van der Waals surface area contributed by atoms with E-state index in [1.165, 1.54) is 5.19 Å². The number of rotatable bonds is 14. The summed E-state index contributed by atoms with van der Waals surface area (Å²) in [5, 5.41) is 24.8. The van der Waals surface area contributed by atoms with Crippen LogP contribution in [0.25, 0.3) is 10.9 Å². The summed E-state index contributed by atoms with van der Waals surface area (Å²) in [5.41, 5.74) is 5.37. The van der Waals surface area contributed by atoms with Gasteiger partial charge in [-0.2, -0.15) is 0 Å². The highest BCUT2D eigenvalue weighted by Gasteiger charge is 2.66. The van der Waals surface area contributed by atoms with Crippen LogP contribution in [0.3, 0.4) is 0 Å². The summed E-state index contributed by atoms with van der Waals surface area (Å²) in [4.78, 5) is 34.3. The van der Waals surface area contributed by atoms with Crippen LogP contribution in [0.4, 0.5) is 11.4 Å². The van der Waals surface area contributed by atoms with Gasteiger partial charge in [-0.3, -0.25) is 14.3 Å². The number of carbonyl (C=O) groups excluding carboxylic acids is 2. The first-order valence-electron chi connectivity index (χ1n) is 21.3. The largest absolute Gasteiger partial charge is 0.497 e. The van der Waals surface area contributed by atoms with E-state index < -0.39 is 13.7 Å². The normalized spacial score (nSPS) is 20.2. The van der Waals surface area contributed by atoms with Crippen LogP contribution < -0.4 is 20.1 Å². The van der Waals surface area contributed by atoms with Gasteiger partial charge in [0, 0.05) is 47.0 Å². The number of nitrogens with zero attached hydrogens (tertiary/aromatic N) is 4. The maximum atomic E-state index is 15.5. The summed E-state index contributed by atoms with van der Waals surface area (Å²) in [7, 11) is -0.779. The number of aromatic nitrogens is 4. The van der Waals surface area contributed by atoms with Crippen molar-refractivity contribution in [2.24, 2.45) is 5.92 Å². The molecule has 1 fully saturated rings. The fraction of sp³-hybridized carbons (Fsp3) is 0.280. The van der Waals surface area contributed by atoms with Crippen LogP contribution in [0.15, 0.2) is 140 Å². The molecule has 1 spiro atoms. The third kappa shape index (κ3) is 7.41. The highest BCUT2D eigenvalue weighted by molar-refractivity contribution is 6.91. The number of aliphatic hydroxyl groups excluding tert-OH is 1. The fourth-order valence-electron chi connectivity index (χ4n) is 10.1. The Morgan fingerprint density at radius 2 is 1.69 bits per heavy atom. The topological polar surface area (TPSA) is 135 Å². The molecule has 5 aromatic carbocycles. The number of methoxy groups -OCH3 is 1. The number of benzene rings is 5.